The fraction of sp³-hybridized carbons (Fsp3) is 0.379. The van der Waals surface area contributed by atoms with E-state index in [9.17, 15) is 0 Å². The first-order valence-corrected chi connectivity index (χ1v) is 13.3. The predicted molar refractivity (Wildman–Crippen MR) is 143 cm³/mol. The monoisotopic (exact) mass is 444 g/mol. The molecule has 2 heterocycles. The Labute approximate surface area is 194 Å². The van der Waals surface area contributed by atoms with Gasteiger partial charge in [0.2, 0.25) is 0 Å². The van der Waals surface area contributed by atoms with Crippen LogP contribution in [0.4, 0.5) is 0 Å². The van der Waals surface area contributed by atoms with Gasteiger partial charge in [0.15, 0.2) is 0 Å². The van der Waals surface area contributed by atoms with Gasteiger partial charge in [-0.05, 0) is 61.3 Å². The minimum atomic E-state index is 0.557. The summed E-state index contributed by atoms with van der Waals surface area (Å²) in [5.74, 6) is 1.17. The summed E-state index contributed by atoms with van der Waals surface area (Å²) >= 11 is 4.01. The molecule has 2 aliphatic rings. The van der Waals surface area contributed by atoms with Crippen LogP contribution in [-0.4, -0.2) is 0 Å². The number of rotatable bonds is 5. The van der Waals surface area contributed by atoms with Crippen LogP contribution in [0.1, 0.15) is 80.7 Å². The first-order chi connectivity index (χ1) is 14.9. The molecule has 0 bridgehead atoms. The van der Waals surface area contributed by atoms with Crippen molar-refractivity contribution in [3.05, 3.63) is 68.5 Å². The van der Waals surface area contributed by atoms with Gasteiger partial charge in [0.25, 0.3) is 0 Å². The highest BCUT2D eigenvalue weighted by Gasteiger charge is 2.25. The van der Waals surface area contributed by atoms with Crippen LogP contribution in [0.15, 0.2) is 47.6 Å². The summed E-state index contributed by atoms with van der Waals surface area (Å²) in [6, 6.07) is 4.96. The minimum absolute atomic E-state index is 0.557. The van der Waals surface area contributed by atoms with E-state index in [4.69, 9.17) is 0 Å². The maximum atomic E-state index is 2.51. The average molecular weight is 445 g/mol. The van der Waals surface area contributed by atoms with E-state index >= 15 is 0 Å². The lowest BCUT2D eigenvalue weighted by atomic mass is 9.90. The summed E-state index contributed by atoms with van der Waals surface area (Å²) in [5.41, 5.74) is 9.14. The number of fused-ring (bicyclic) bond motifs is 2. The molecule has 0 saturated carbocycles. The molecule has 31 heavy (non-hydrogen) atoms. The topological polar surface area (TPSA) is 0 Å². The zero-order valence-electron chi connectivity index (χ0n) is 19.6. The smallest absolute Gasteiger partial charge is 0.0434 e. The summed E-state index contributed by atoms with van der Waals surface area (Å²) in [7, 11) is 0. The van der Waals surface area contributed by atoms with E-state index in [0.29, 0.717) is 11.8 Å². The fourth-order valence-electron chi connectivity index (χ4n) is 4.94. The SMILES string of the molecule is CCC1=CC=C(c2c3cc(C(C)C)sc3c(C3=CC=C(C(C)C)C3)c3cc(C)sc23)C1. The van der Waals surface area contributed by atoms with Gasteiger partial charge in [-0.25, -0.2) is 0 Å². The van der Waals surface area contributed by atoms with Crippen molar-refractivity contribution in [3.8, 4) is 0 Å². The summed E-state index contributed by atoms with van der Waals surface area (Å²) < 4.78 is 2.99. The molecule has 0 saturated heterocycles. The maximum Gasteiger partial charge on any atom is 0.0434 e. The Hall–Kier alpha value is -1.90. The Bertz CT molecular complexity index is 1310. The van der Waals surface area contributed by atoms with E-state index in [-0.39, 0.29) is 0 Å². The lowest BCUT2D eigenvalue weighted by Gasteiger charge is -2.15. The molecule has 0 nitrogen and oxygen atoms in total. The van der Waals surface area contributed by atoms with E-state index in [2.05, 4.69) is 78.0 Å². The zero-order chi connectivity index (χ0) is 21.9. The molecule has 3 aromatic rings. The normalized spacial score (nSPS) is 16.6. The Morgan fingerprint density at radius 1 is 0.774 bits per heavy atom. The highest BCUT2D eigenvalue weighted by Crippen LogP contribution is 2.50. The van der Waals surface area contributed by atoms with Crippen molar-refractivity contribution >= 4 is 54.0 Å². The van der Waals surface area contributed by atoms with Crippen molar-refractivity contribution in [1.82, 2.24) is 0 Å². The Kier molecular flexibility index (Phi) is 5.35. The Balaban J connectivity index is 1.79. The molecule has 0 amide bonds. The molecule has 0 fully saturated rings. The van der Waals surface area contributed by atoms with E-state index < -0.39 is 0 Å². The Morgan fingerprint density at radius 3 is 2.03 bits per heavy atom. The first-order valence-electron chi connectivity index (χ1n) is 11.7. The van der Waals surface area contributed by atoms with Crippen molar-refractivity contribution in [2.45, 2.75) is 66.7 Å². The fourth-order valence-corrected chi connectivity index (χ4v) is 7.32. The number of aryl methyl sites for hydroxylation is 1. The van der Waals surface area contributed by atoms with Gasteiger partial charge in [0.1, 0.15) is 0 Å². The number of thiophene rings is 2. The number of hydrogen-bond donors (Lipinski definition) is 0. The first kappa shape index (κ1) is 21.0. The molecule has 0 N–H and O–H groups in total. The standard InChI is InChI=1S/C29H32S2/c1-7-19-8-9-21(13-19)26-24-15-25(17(4)5)31-29(24)27(23-12-18(6)30-28(23)26)22-11-10-20(14-22)16(2)3/h8-12,15-17H,7,13-14H2,1-6H3. The second-order valence-electron chi connectivity index (χ2n) is 9.71. The van der Waals surface area contributed by atoms with Gasteiger partial charge in [-0.15, -0.1) is 22.7 Å². The van der Waals surface area contributed by atoms with Gasteiger partial charge in [-0.2, -0.15) is 0 Å². The summed E-state index contributed by atoms with van der Waals surface area (Å²) in [4.78, 5) is 2.92. The van der Waals surface area contributed by atoms with Crippen molar-refractivity contribution in [1.29, 1.82) is 0 Å². The molecule has 0 unspecified atom stereocenters. The molecule has 0 atom stereocenters. The van der Waals surface area contributed by atoms with Crippen molar-refractivity contribution < 1.29 is 0 Å². The highest BCUT2D eigenvalue weighted by molar-refractivity contribution is 7.21. The molecule has 2 aromatic heterocycles. The van der Waals surface area contributed by atoms with Crippen LogP contribution in [0.5, 0.6) is 0 Å². The lowest BCUT2D eigenvalue weighted by Crippen LogP contribution is -1.94. The van der Waals surface area contributed by atoms with Crippen LogP contribution >= 0.6 is 22.7 Å². The molecule has 160 valence electrons. The summed E-state index contributed by atoms with van der Waals surface area (Å²) in [6.45, 7) is 13.8. The van der Waals surface area contributed by atoms with Crippen LogP contribution in [0, 0.1) is 12.8 Å². The molecule has 0 aliphatic heterocycles. The second-order valence-corrected chi connectivity index (χ2v) is 12.0. The van der Waals surface area contributed by atoms with Crippen molar-refractivity contribution in [3.63, 3.8) is 0 Å². The van der Waals surface area contributed by atoms with E-state index in [1.54, 1.807) is 11.1 Å². The van der Waals surface area contributed by atoms with Crippen molar-refractivity contribution in [2.75, 3.05) is 0 Å². The molecular formula is C29H32S2. The summed E-state index contributed by atoms with van der Waals surface area (Å²) in [6.07, 6.45) is 12.9. The number of allylic oxidation sites excluding steroid dienone is 8. The van der Waals surface area contributed by atoms with Gasteiger partial charge < -0.3 is 0 Å². The third kappa shape index (κ3) is 3.49. The van der Waals surface area contributed by atoms with Crippen LogP contribution in [0.25, 0.3) is 31.3 Å². The molecule has 1 aromatic carbocycles. The molecule has 2 heteroatoms. The quantitative estimate of drug-likeness (QED) is 0.367. The van der Waals surface area contributed by atoms with E-state index in [1.165, 1.54) is 52.2 Å². The Morgan fingerprint density at radius 2 is 1.42 bits per heavy atom. The van der Waals surface area contributed by atoms with Gasteiger partial charge in [-0.1, -0.05) is 70.1 Å². The largest absolute Gasteiger partial charge is 0.140 e. The van der Waals surface area contributed by atoms with Crippen LogP contribution in [0.2, 0.25) is 0 Å². The lowest BCUT2D eigenvalue weighted by molar-refractivity contribution is 0.756. The van der Waals surface area contributed by atoms with Crippen molar-refractivity contribution in [2.24, 2.45) is 5.92 Å². The third-order valence-electron chi connectivity index (χ3n) is 6.84. The zero-order valence-corrected chi connectivity index (χ0v) is 21.2. The van der Waals surface area contributed by atoms with Crippen LogP contribution in [0.3, 0.4) is 0 Å². The van der Waals surface area contributed by atoms with Crippen LogP contribution < -0.4 is 0 Å². The van der Waals surface area contributed by atoms with E-state index in [0.717, 1.165) is 19.3 Å². The van der Waals surface area contributed by atoms with Gasteiger partial charge in [0, 0.05) is 41.1 Å². The van der Waals surface area contributed by atoms with Gasteiger partial charge >= 0.3 is 0 Å². The highest BCUT2D eigenvalue weighted by atomic mass is 32.1. The number of benzene rings is 1. The van der Waals surface area contributed by atoms with Gasteiger partial charge in [-0.3, -0.25) is 0 Å². The molecule has 5 rings (SSSR count). The van der Waals surface area contributed by atoms with E-state index in [1.807, 2.05) is 22.7 Å². The summed E-state index contributed by atoms with van der Waals surface area (Å²) in [5, 5.41) is 2.95. The van der Waals surface area contributed by atoms with Gasteiger partial charge in [0.05, 0.1) is 0 Å². The third-order valence-corrected chi connectivity index (χ3v) is 9.36. The maximum absolute atomic E-state index is 2.51. The molecule has 2 aliphatic carbocycles. The number of hydrogen-bond acceptors (Lipinski definition) is 2. The molecule has 0 radical (unpaired) electrons. The minimum Gasteiger partial charge on any atom is -0.140 e. The molecular weight excluding hydrogens is 412 g/mol. The van der Waals surface area contributed by atoms with Crippen LogP contribution in [-0.2, 0) is 0 Å². The predicted octanol–water partition coefficient (Wildman–Crippen LogP) is 10.0. The molecule has 0 spiro atoms. The average Bonchev–Trinajstić information content (AvgIpc) is 3.50. The second kappa shape index (κ2) is 7.90.